The smallest absolute Gasteiger partial charge is 0.448 e. The van der Waals surface area contributed by atoms with Gasteiger partial charge in [-0.1, -0.05) is 117 Å². The molecule has 0 radical (unpaired) electrons. The van der Waals surface area contributed by atoms with Gasteiger partial charge in [-0.25, -0.2) is 0 Å². The van der Waals surface area contributed by atoms with Crippen LogP contribution >= 0.6 is 15.8 Å². The van der Waals surface area contributed by atoms with Gasteiger partial charge in [0.25, 0.3) is 0 Å². The van der Waals surface area contributed by atoms with E-state index in [2.05, 4.69) is 197 Å². The summed E-state index contributed by atoms with van der Waals surface area (Å²) in [6.45, 7) is 4.71. The molecule has 6 aromatic carbocycles. The summed E-state index contributed by atoms with van der Waals surface area (Å²) in [5.41, 5.74) is 2.99. The molecule has 54 heavy (non-hydrogen) atoms. The summed E-state index contributed by atoms with van der Waals surface area (Å²) >= 11 is 0. The van der Waals surface area contributed by atoms with Crippen molar-refractivity contribution in [3.05, 3.63) is 193 Å². The molecule has 0 fully saturated rings. The molecule has 9 rings (SSSR count). The molecule has 0 unspecified atom stereocenters. The second-order valence-corrected chi connectivity index (χ2v) is 18.1. The monoisotopic (exact) mass is 789 g/mol. The Hall–Kier alpha value is -5.28. The first-order valence-corrected chi connectivity index (χ1v) is 20.6. The minimum atomic E-state index is -1.32. The first kappa shape index (κ1) is 37.1. The number of ether oxygens (including phenoxy) is 1. The van der Waals surface area contributed by atoms with Crippen LogP contribution in [0.4, 0.5) is 0 Å². The standard InChI is InChI=1S/C39H32OP2.C6H4N5.Cu/c1-39(2)33-25-15-27-35(41(29-17-7-3-8-18-29)30-19-9-4-10-20-30)37(33)40-38-34(39)26-16-28-36(38)42(31-21-11-5-12-22-31)32-23-13-6-14-24-32;1-2-4-7-5(3-1)6-8-10-11-9-6;/h3-28H,1-2H3;1-4H;/q;-1;+1/p+2. The van der Waals surface area contributed by atoms with Gasteiger partial charge in [0.15, 0.2) is 11.5 Å². The molecule has 1 aliphatic heterocycles. The molecule has 0 aliphatic carbocycles. The number of para-hydroxylation sites is 2. The van der Waals surface area contributed by atoms with E-state index in [9.17, 15) is 0 Å². The van der Waals surface area contributed by atoms with E-state index in [1.807, 2.05) is 12.1 Å². The van der Waals surface area contributed by atoms with Crippen molar-refractivity contribution >= 4 is 47.7 Å². The molecule has 0 atom stereocenters. The van der Waals surface area contributed by atoms with Crippen molar-refractivity contribution in [2.75, 3.05) is 0 Å². The number of hydrogen-bond donors (Lipinski definition) is 0. The molecule has 9 heteroatoms. The Bertz CT molecular complexity index is 2190. The van der Waals surface area contributed by atoms with E-state index >= 15 is 0 Å². The van der Waals surface area contributed by atoms with Gasteiger partial charge in [0, 0.05) is 22.7 Å². The molecule has 8 aromatic rings. The summed E-state index contributed by atoms with van der Waals surface area (Å²) in [5.74, 6) is 2.53. The largest absolute Gasteiger partial charge is 1.00 e. The predicted molar refractivity (Wildman–Crippen MR) is 222 cm³/mol. The Morgan fingerprint density at radius 3 is 1.30 bits per heavy atom. The summed E-state index contributed by atoms with van der Waals surface area (Å²) in [7, 11) is -2.64. The molecular weight excluding hydrogens is 752 g/mol. The van der Waals surface area contributed by atoms with E-state index in [1.165, 1.54) is 43.0 Å². The molecule has 0 spiro atoms. The summed E-state index contributed by atoms with van der Waals surface area (Å²) < 4.78 is 7.27. The summed E-state index contributed by atoms with van der Waals surface area (Å²) in [4.78, 5) is 4.02. The van der Waals surface area contributed by atoms with E-state index in [0.29, 0.717) is 11.5 Å². The van der Waals surface area contributed by atoms with E-state index < -0.39 is 15.8 Å². The zero-order valence-electron chi connectivity index (χ0n) is 29.8. The van der Waals surface area contributed by atoms with Gasteiger partial charge in [-0.3, -0.25) is 15.3 Å². The topological polar surface area (TPSA) is 74.9 Å². The molecule has 0 saturated heterocycles. The summed E-state index contributed by atoms with van der Waals surface area (Å²) in [6, 6.07) is 63.0. The maximum absolute atomic E-state index is 7.27. The first-order chi connectivity index (χ1) is 26.1. The number of tetrazole rings is 1. The van der Waals surface area contributed by atoms with Crippen LogP contribution in [0.25, 0.3) is 11.5 Å². The van der Waals surface area contributed by atoms with Gasteiger partial charge in [-0.2, -0.15) is 5.21 Å². The Balaban J connectivity index is 0.000000321. The number of fused-ring (bicyclic) bond motifs is 2. The van der Waals surface area contributed by atoms with Gasteiger partial charge in [0.1, 0.15) is 47.7 Å². The Morgan fingerprint density at radius 1 is 0.500 bits per heavy atom. The van der Waals surface area contributed by atoms with Crippen molar-refractivity contribution < 1.29 is 21.8 Å². The van der Waals surface area contributed by atoms with Gasteiger partial charge in [0.05, 0.1) is 11.5 Å². The van der Waals surface area contributed by atoms with Gasteiger partial charge < -0.3 is 9.84 Å². The third kappa shape index (κ3) is 7.55. The van der Waals surface area contributed by atoms with Gasteiger partial charge in [0.2, 0.25) is 0 Å². The second-order valence-electron chi connectivity index (χ2n) is 13.2. The van der Waals surface area contributed by atoms with Crippen LogP contribution < -0.4 is 41.7 Å². The zero-order chi connectivity index (χ0) is 36.0. The fraction of sp³-hybridized carbons (Fsp3) is 0.0667. The predicted octanol–water partition coefficient (Wildman–Crippen LogP) is 6.99. The molecule has 0 bridgehead atoms. The fourth-order valence-corrected chi connectivity index (χ4v) is 12.4. The minimum absolute atomic E-state index is 0. The molecule has 0 saturated carbocycles. The molecule has 6 nitrogen and oxygen atoms in total. The second kappa shape index (κ2) is 16.8. The number of hydrogen-bond acceptors (Lipinski definition) is 5. The number of benzene rings is 6. The van der Waals surface area contributed by atoms with Crippen LogP contribution in [0.15, 0.2) is 182 Å². The summed E-state index contributed by atoms with van der Waals surface area (Å²) in [5, 5.41) is 22.1. The van der Waals surface area contributed by atoms with Gasteiger partial charge in [-0.15, -0.1) is 0 Å². The molecule has 0 N–H and O–H groups in total. The zero-order valence-corrected chi connectivity index (χ0v) is 32.7. The molecule has 3 heterocycles. The van der Waals surface area contributed by atoms with Gasteiger partial charge in [-0.05, 0) is 72.8 Å². The van der Waals surface area contributed by atoms with Crippen LogP contribution in [0.3, 0.4) is 0 Å². The fourth-order valence-electron chi connectivity index (χ4n) is 7.04. The first-order valence-electron chi connectivity index (χ1n) is 17.6. The van der Waals surface area contributed by atoms with E-state index in [1.54, 1.807) is 12.3 Å². The average molecular weight is 790 g/mol. The van der Waals surface area contributed by atoms with E-state index in [4.69, 9.17) is 4.74 Å². The van der Waals surface area contributed by atoms with E-state index in [0.717, 1.165) is 11.5 Å². The third-order valence-electron chi connectivity index (χ3n) is 9.58. The van der Waals surface area contributed by atoms with Crippen LogP contribution in [0.1, 0.15) is 25.0 Å². The molecule has 268 valence electrons. The van der Waals surface area contributed by atoms with Crippen molar-refractivity contribution in [3.8, 4) is 23.0 Å². The van der Waals surface area contributed by atoms with Crippen molar-refractivity contribution in [2.45, 2.75) is 19.3 Å². The number of nitrogens with zero attached hydrogens (tertiary/aromatic N) is 5. The van der Waals surface area contributed by atoms with Crippen molar-refractivity contribution in [1.29, 1.82) is 0 Å². The van der Waals surface area contributed by atoms with Crippen molar-refractivity contribution in [2.24, 2.45) is 0 Å². The van der Waals surface area contributed by atoms with Crippen molar-refractivity contribution in [3.63, 3.8) is 0 Å². The molecule has 1 aliphatic rings. The van der Waals surface area contributed by atoms with Crippen LogP contribution in [-0.2, 0) is 22.5 Å². The normalized spacial score (nSPS) is 12.4. The molecular formula is C45H38CuN5OP2+2. The number of rotatable bonds is 7. The number of aromatic nitrogens is 5. The van der Waals surface area contributed by atoms with Crippen molar-refractivity contribution in [1.82, 2.24) is 25.6 Å². The van der Waals surface area contributed by atoms with Crippen LogP contribution in [0, 0.1) is 0 Å². The molecule has 0 amide bonds. The van der Waals surface area contributed by atoms with Crippen LogP contribution in [-0.4, -0.2) is 20.5 Å². The van der Waals surface area contributed by atoms with Crippen LogP contribution in [0.2, 0.25) is 0 Å². The maximum atomic E-state index is 7.27. The van der Waals surface area contributed by atoms with Crippen LogP contribution in [0.5, 0.6) is 11.5 Å². The summed E-state index contributed by atoms with van der Waals surface area (Å²) in [6.07, 6.45) is 1.67. The van der Waals surface area contributed by atoms with E-state index in [-0.39, 0.29) is 22.5 Å². The average Bonchev–Trinajstić information content (AvgIpc) is 3.77. The SMILES string of the molecule is CC1(C)c2cccc([PH+](c3ccccc3)c3ccccc3)c2Oc2c([PH+](c3ccccc3)c3ccccc3)cccc21.[Cu+].c1ccc(-c2nnn[n-]2)nc1. The Labute approximate surface area is 329 Å². The Morgan fingerprint density at radius 2 is 0.926 bits per heavy atom. The quantitative estimate of drug-likeness (QED) is 0.128. The van der Waals surface area contributed by atoms with Gasteiger partial charge >= 0.3 is 17.1 Å². The number of pyridine rings is 1. The molecule has 2 aromatic heterocycles. The Kier molecular flexibility index (Phi) is 11.5. The third-order valence-corrected chi connectivity index (χ3v) is 15.1. The minimum Gasteiger partial charge on any atom is -0.448 e. The maximum Gasteiger partial charge on any atom is 1.00 e.